The normalized spacial score (nSPS) is 23.8. The number of carbonyl (C=O) groups is 1. The predicted octanol–water partition coefficient (Wildman–Crippen LogP) is 4.70. The Hall–Kier alpha value is -0.790. The molecular weight excluding hydrogens is 234 g/mol. The van der Waals surface area contributed by atoms with E-state index in [1.807, 2.05) is 11.9 Å². The number of nitrogens with zero attached hydrogens (tertiary/aromatic N) is 1. The lowest BCUT2D eigenvalue weighted by molar-refractivity contribution is -0.130. The summed E-state index contributed by atoms with van der Waals surface area (Å²) >= 11 is 0. The minimum Gasteiger partial charge on any atom is -0.346 e. The van der Waals surface area contributed by atoms with Crippen LogP contribution in [0.2, 0.25) is 0 Å². The highest BCUT2D eigenvalue weighted by Gasteiger charge is 2.07. The average Bonchev–Trinajstić information content (AvgIpc) is 2.41. The van der Waals surface area contributed by atoms with Gasteiger partial charge >= 0.3 is 0 Å². The van der Waals surface area contributed by atoms with E-state index in [1.165, 1.54) is 57.8 Å². The van der Waals surface area contributed by atoms with Gasteiger partial charge in [0.25, 0.3) is 0 Å². The molecule has 19 heavy (non-hydrogen) atoms. The largest absolute Gasteiger partial charge is 0.346 e. The Bertz CT molecular complexity index is 260. The van der Waals surface area contributed by atoms with E-state index in [2.05, 4.69) is 12.2 Å². The maximum atomic E-state index is 11.9. The summed E-state index contributed by atoms with van der Waals surface area (Å²) in [6, 6.07) is 0. The van der Waals surface area contributed by atoms with E-state index in [-0.39, 0.29) is 0 Å². The van der Waals surface area contributed by atoms with Gasteiger partial charge in [-0.05, 0) is 38.5 Å². The molecule has 0 N–H and O–H groups in total. The van der Waals surface area contributed by atoms with Crippen molar-refractivity contribution in [2.24, 2.45) is 0 Å². The highest BCUT2D eigenvalue weighted by molar-refractivity contribution is 5.75. The van der Waals surface area contributed by atoms with Gasteiger partial charge in [-0.15, -0.1) is 0 Å². The Morgan fingerprint density at radius 1 is 0.789 bits per heavy atom. The highest BCUT2D eigenvalue weighted by Crippen LogP contribution is 2.11. The first kappa shape index (κ1) is 16.3. The molecule has 0 radical (unpaired) electrons. The molecule has 0 saturated heterocycles. The van der Waals surface area contributed by atoms with Gasteiger partial charge in [-0.1, -0.05) is 44.3 Å². The molecule has 0 aromatic rings. The van der Waals surface area contributed by atoms with Gasteiger partial charge in [0.2, 0.25) is 5.91 Å². The van der Waals surface area contributed by atoms with Crippen LogP contribution < -0.4 is 0 Å². The second-order valence-electron chi connectivity index (χ2n) is 5.80. The average molecular weight is 265 g/mol. The zero-order valence-corrected chi connectivity index (χ0v) is 12.7. The highest BCUT2D eigenvalue weighted by atomic mass is 16.2. The van der Waals surface area contributed by atoms with Gasteiger partial charge in [0.1, 0.15) is 0 Å². The second kappa shape index (κ2) is 11.1. The maximum absolute atomic E-state index is 11.9. The van der Waals surface area contributed by atoms with Crippen molar-refractivity contribution in [3.8, 4) is 0 Å². The number of hydrogen-bond donors (Lipinski definition) is 0. The van der Waals surface area contributed by atoms with E-state index in [0.29, 0.717) is 5.91 Å². The van der Waals surface area contributed by atoms with Crippen molar-refractivity contribution in [2.45, 2.75) is 77.0 Å². The molecule has 0 fully saturated rings. The Morgan fingerprint density at radius 2 is 1.32 bits per heavy atom. The molecule has 1 aliphatic heterocycles. The zero-order chi connectivity index (χ0) is 13.8. The fourth-order valence-electron chi connectivity index (χ4n) is 2.58. The Labute approximate surface area is 119 Å². The molecule has 0 unspecified atom stereocenters. The maximum Gasteiger partial charge on any atom is 0.222 e. The third-order valence-electron chi connectivity index (χ3n) is 3.97. The van der Waals surface area contributed by atoms with Crippen LogP contribution in [0, 0.1) is 0 Å². The summed E-state index contributed by atoms with van der Waals surface area (Å²) in [6.45, 7) is 0.923. The molecule has 0 atom stereocenters. The molecule has 2 heteroatoms. The van der Waals surface area contributed by atoms with Crippen LogP contribution in [-0.2, 0) is 4.79 Å². The minimum atomic E-state index is 0.333. The second-order valence-corrected chi connectivity index (χ2v) is 5.80. The summed E-state index contributed by atoms with van der Waals surface area (Å²) in [5.41, 5.74) is 0. The topological polar surface area (TPSA) is 20.3 Å². The van der Waals surface area contributed by atoms with Gasteiger partial charge in [-0.2, -0.15) is 0 Å². The molecule has 0 bridgehead atoms. The van der Waals surface area contributed by atoms with Crippen molar-refractivity contribution in [3.63, 3.8) is 0 Å². The summed E-state index contributed by atoms with van der Waals surface area (Å²) < 4.78 is 0. The fourth-order valence-corrected chi connectivity index (χ4v) is 2.58. The van der Waals surface area contributed by atoms with Crippen molar-refractivity contribution < 1.29 is 4.79 Å². The molecular formula is C17H31NO. The monoisotopic (exact) mass is 265 g/mol. The lowest BCUT2D eigenvalue weighted by Gasteiger charge is -2.16. The molecule has 0 aromatic carbocycles. The standard InChI is InChI=1S/C17H31NO/c1-18-16-14-12-10-8-6-4-2-3-5-7-9-11-13-15-17(18)19/h6,8H,2-5,7,9-16H2,1H3/b8-6+. The first-order valence-electron chi connectivity index (χ1n) is 8.19. The molecule has 2 nitrogen and oxygen atoms in total. The Balaban J connectivity index is 2.27. The van der Waals surface area contributed by atoms with E-state index in [0.717, 1.165) is 25.8 Å². The molecule has 1 aliphatic rings. The number of carbonyl (C=O) groups excluding carboxylic acids is 1. The number of hydrogen-bond acceptors (Lipinski definition) is 1. The number of rotatable bonds is 0. The molecule has 110 valence electrons. The van der Waals surface area contributed by atoms with E-state index in [9.17, 15) is 4.79 Å². The van der Waals surface area contributed by atoms with Gasteiger partial charge in [0, 0.05) is 20.0 Å². The van der Waals surface area contributed by atoms with Crippen LogP contribution in [0.15, 0.2) is 12.2 Å². The number of amides is 1. The van der Waals surface area contributed by atoms with Crippen molar-refractivity contribution >= 4 is 5.91 Å². The first-order valence-corrected chi connectivity index (χ1v) is 8.19. The van der Waals surface area contributed by atoms with Gasteiger partial charge in [-0.3, -0.25) is 4.79 Å². The first-order chi connectivity index (χ1) is 9.30. The summed E-state index contributed by atoms with van der Waals surface area (Å²) in [4.78, 5) is 13.8. The van der Waals surface area contributed by atoms with Crippen LogP contribution in [0.3, 0.4) is 0 Å². The Morgan fingerprint density at radius 3 is 2.00 bits per heavy atom. The summed E-state index contributed by atoms with van der Waals surface area (Å²) in [7, 11) is 1.95. The summed E-state index contributed by atoms with van der Waals surface area (Å²) in [5.74, 6) is 0.333. The molecule has 0 aromatic heterocycles. The van der Waals surface area contributed by atoms with Crippen LogP contribution >= 0.6 is 0 Å². The van der Waals surface area contributed by atoms with E-state index in [1.54, 1.807) is 0 Å². The molecule has 0 aliphatic carbocycles. The lowest BCUT2D eigenvalue weighted by Crippen LogP contribution is -2.27. The van der Waals surface area contributed by atoms with Crippen LogP contribution in [-0.4, -0.2) is 24.4 Å². The molecule has 1 heterocycles. The number of allylic oxidation sites excluding steroid dienone is 2. The van der Waals surface area contributed by atoms with Crippen molar-refractivity contribution in [3.05, 3.63) is 12.2 Å². The van der Waals surface area contributed by atoms with Gasteiger partial charge in [0.15, 0.2) is 0 Å². The third kappa shape index (κ3) is 8.85. The van der Waals surface area contributed by atoms with Gasteiger partial charge in [-0.25, -0.2) is 0 Å². The van der Waals surface area contributed by atoms with Crippen LogP contribution in [0.25, 0.3) is 0 Å². The smallest absolute Gasteiger partial charge is 0.222 e. The van der Waals surface area contributed by atoms with E-state index in [4.69, 9.17) is 0 Å². The molecule has 1 rings (SSSR count). The van der Waals surface area contributed by atoms with Crippen LogP contribution in [0.4, 0.5) is 0 Å². The quantitative estimate of drug-likeness (QED) is 0.582. The van der Waals surface area contributed by atoms with Crippen molar-refractivity contribution in [1.29, 1.82) is 0 Å². The third-order valence-corrected chi connectivity index (χ3v) is 3.97. The van der Waals surface area contributed by atoms with Crippen molar-refractivity contribution in [2.75, 3.05) is 13.6 Å². The van der Waals surface area contributed by atoms with Gasteiger partial charge < -0.3 is 4.90 Å². The summed E-state index contributed by atoms with van der Waals surface area (Å²) in [5, 5.41) is 0. The van der Waals surface area contributed by atoms with E-state index >= 15 is 0 Å². The van der Waals surface area contributed by atoms with Gasteiger partial charge in [0.05, 0.1) is 0 Å². The molecule has 0 saturated carbocycles. The van der Waals surface area contributed by atoms with E-state index < -0.39 is 0 Å². The van der Waals surface area contributed by atoms with Crippen LogP contribution in [0.5, 0.6) is 0 Å². The zero-order valence-electron chi connectivity index (χ0n) is 12.7. The lowest BCUT2D eigenvalue weighted by atomic mass is 10.1. The predicted molar refractivity (Wildman–Crippen MR) is 82.2 cm³/mol. The SMILES string of the molecule is CN1CCCC/C=C/CCCCCCCCCC1=O. The van der Waals surface area contributed by atoms with Crippen molar-refractivity contribution in [1.82, 2.24) is 4.90 Å². The molecule has 0 spiro atoms. The Kier molecular flexibility index (Phi) is 9.48. The van der Waals surface area contributed by atoms with Crippen LogP contribution in [0.1, 0.15) is 77.0 Å². The minimum absolute atomic E-state index is 0.333. The summed E-state index contributed by atoms with van der Waals surface area (Å²) in [6.07, 6.45) is 19.2. The molecule has 1 amide bonds. The fraction of sp³-hybridized carbons (Fsp3) is 0.824.